The Kier molecular flexibility index (Phi) is 3.68. The molecule has 1 unspecified atom stereocenters. The van der Waals surface area contributed by atoms with E-state index in [1.165, 1.54) is 0 Å². The van der Waals surface area contributed by atoms with Gasteiger partial charge in [-0.25, -0.2) is 4.68 Å². The van der Waals surface area contributed by atoms with Crippen LogP contribution in [0.4, 0.5) is 0 Å². The number of piperidine rings is 1. The fourth-order valence-corrected chi connectivity index (χ4v) is 2.77. The average Bonchev–Trinajstić information content (AvgIpc) is 2.50. The highest BCUT2D eigenvalue weighted by atomic mass is 16.2. The first-order chi connectivity index (χ1) is 10.1. The summed E-state index contributed by atoms with van der Waals surface area (Å²) >= 11 is 0. The van der Waals surface area contributed by atoms with Crippen LogP contribution in [-0.4, -0.2) is 38.9 Å². The summed E-state index contributed by atoms with van der Waals surface area (Å²) in [6.45, 7) is 3.62. The number of fused-ring (bicyclic) bond motifs is 1. The predicted molar refractivity (Wildman–Crippen MR) is 78.8 cm³/mol. The molecule has 2 heterocycles. The Bertz CT molecular complexity index is 725. The molecule has 6 heteroatoms. The standard InChI is InChI=1S/C15H18N4O2/c1-11-5-4-8-18(9-11)14(20)10-19-15(21)12-6-2-3-7-13(12)16-17-19/h2-3,6-7,11H,4-5,8-10H2,1H3. The molecule has 1 saturated heterocycles. The Labute approximate surface area is 122 Å². The number of benzene rings is 1. The predicted octanol–water partition coefficient (Wildman–Crippen LogP) is 1.05. The molecule has 3 rings (SSSR count). The van der Waals surface area contributed by atoms with Crippen LogP contribution in [0.15, 0.2) is 29.1 Å². The molecule has 0 spiro atoms. The zero-order chi connectivity index (χ0) is 14.8. The van der Waals surface area contributed by atoms with Gasteiger partial charge in [-0.3, -0.25) is 9.59 Å². The Hall–Kier alpha value is -2.24. The van der Waals surface area contributed by atoms with E-state index in [9.17, 15) is 9.59 Å². The summed E-state index contributed by atoms with van der Waals surface area (Å²) in [5.41, 5.74) is 0.289. The summed E-state index contributed by atoms with van der Waals surface area (Å²) in [6.07, 6.45) is 2.17. The molecule has 21 heavy (non-hydrogen) atoms. The summed E-state index contributed by atoms with van der Waals surface area (Å²) in [5.74, 6) is 0.454. The van der Waals surface area contributed by atoms with Crippen molar-refractivity contribution in [2.45, 2.75) is 26.3 Å². The molecule has 1 amide bonds. The monoisotopic (exact) mass is 286 g/mol. The van der Waals surface area contributed by atoms with E-state index in [1.54, 1.807) is 24.3 Å². The molecule has 0 bridgehead atoms. The summed E-state index contributed by atoms with van der Waals surface area (Å²) in [4.78, 5) is 26.4. The van der Waals surface area contributed by atoms with Crippen LogP contribution < -0.4 is 5.56 Å². The van der Waals surface area contributed by atoms with E-state index < -0.39 is 0 Å². The van der Waals surface area contributed by atoms with Crippen molar-refractivity contribution in [1.29, 1.82) is 0 Å². The molecule has 1 aromatic carbocycles. The molecular weight excluding hydrogens is 268 g/mol. The molecule has 1 atom stereocenters. The van der Waals surface area contributed by atoms with Crippen molar-refractivity contribution < 1.29 is 4.79 Å². The van der Waals surface area contributed by atoms with Crippen LogP contribution in [0.3, 0.4) is 0 Å². The van der Waals surface area contributed by atoms with Crippen LogP contribution in [0.2, 0.25) is 0 Å². The van der Waals surface area contributed by atoms with E-state index in [1.807, 2.05) is 4.90 Å². The molecule has 2 aromatic rings. The van der Waals surface area contributed by atoms with Crippen molar-refractivity contribution in [3.63, 3.8) is 0 Å². The first-order valence-corrected chi connectivity index (χ1v) is 7.25. The molecule has 6 nitrogen and oxygen atoms in total. The molecule has 0 N–H and O–H groups in total. The number of rotatable bonds is 2. The van der Waals surface area contributed by atoms with E-state index >= 15 is 0 Å². The number of carbonyl (C=O) groups is 1. The second kappa shape index (κ2) is 5.63. The SMILES string of the molecule is CC1CCCN(C(=O)Cn2nnc3ccccc3c2=O)C1. The molecule has 0 radical (unpaired) electrons. The number of hydrogen-bond acceptors (Lipinski definition) is 4. The number of likely N-dealkylation sites (tertiary alicyclic amines) is 1. The van der Waals surface area contributed by atoms with E-state index in [0.29, 0.717) is 16.8 Å². The van der Waals surface area contributed by atoms with Crippen LogP contribution in [-0.2, 0) is 11.3 Å². The van der Waals surface area contributed by atoms with Gasteiger partial charge in [0.05, 0.1) is 5.39 Å². The average molecular weight is 286 g/mol. The normalized spacial score (nSPS) is 18.9. The van der Waals surface area contributed by atoms with Gasteiger partial charge < -0.3 is 4.90 Å². The van der Waals surface area contributed by atoms with Crippen molar-refractivity contribution in [3.8, 4) is 0 Å². The molecule has 110 valence electrons. The van der Waals surface area contributed by atoms with Gasteiger partial charge in [0.15, 0.2) is 0 Å². The lowest BCUT2D eigenvalue weighted by molar-refractivity contribution is -0.133. The largest absolute Gasteiger partial charge is 0.341 e. The molecule has 1 fully saturated rings. The molecule has 1 aromatic heterocycles. The molecule has 1 aliphatic rings. The number of amides is 1. The van der Waals surface area contributed by atoms with Crippen LogP contribution >= 0.6 is 0 Å². The number of carbonyl (C=O) groups excluding carboxylic acids is 1. The minimum absolute atomic E-state index is 0.0383. The van der Waals surface area contributed by atoms with Gasteiger partial charge in [-0.1, -0.05) is 24.3 Å². The van der Waals surface area contributed by atoms with Gasteiger partial charge in [0.2, 0.25) is 5.91 Å². The van der Waals surface area contributed by atoms with Crippen molar-refractivity contribution in [1.82, 2.24) is 19.9 Å². The highest BCUT2D eigenvalue weighted by Gasteiger charge is 2.21. The fraction of sp³-hybridized carbons (Fsp3) is 0.467. The van der Waals surface area contributed by atoms with Gasteiger partial charge in [-0.15, -0.1) is 5.10 Å². The number of hydrogen-bond donors (Lipinski definition) is 0. The summed E-state index contributed by atoms with van der Waals surface area (Å²) in [6, 6.07) is 7.03. The quantitative estimate of drug-likeness (QED) is 0.827. The number of aromatic nitrogens is 3. The van der Waals surface area contributed by atoms with Crippen molar-refractivity contribution in [3.05, 3.63) is 34.6 Å². The maximum atomic E-state index is 12.3. The summed E-state index contributed by atoms with van der Waals surface area (Å²) in [7, 11) is 0. The first kappa shape index (κ1) is 13.7. The van der Waals surface area contributed by atoms with Crippen molar-refractivity contribution in [2.75, 3.05) is 13.1 Å². The zero-order valence-electron chi connectivity index (χ0n) is 12.0. The Morgan fingerprint density at radius 2 is 2.19 bits per heavy atom. The van der Waals surface area contributed by atoms with Gasteiger partial charge in [0.25, 0.3) is 5.56 Å². The lowest BCUT2D eigenvalue weighted by atomic mass is 10.0. The van der Waals surface area contributed by atoms with Crippen LogP contribution in [0.25, 0.3) is 10.9 Å². The lowest BCUT2D eigenvalue weighted by Crippen LogP contribution is -2.42. The van der Waals surface area contributed by atoms with Crippen LogP contribution in [0.5, 0.6) is 0 Å². The second-order valence-corrected chi connectivity index (χ2v) is 5.66. The lowest BCUT2D eigenvalue weighted by Gasteiger charge is -2.30. The Morgan fingerprint density at radius 1 is 1.38 bits per heavy atom. The third kappa shape index (κ3) is 2.79. The van der Waals surface area contributed by atoms with Gasteiger partial charge in [0.1, 0.15) is 12.1 Å². The van der Waals surface area contributed by atoms with Gasteiger partial charge in [-0.05, 0) is 30.9 Å². The van der Waals surface area contributed by atoms with Crippen molar-refractivity contribution >= 4 is 16.8 Å². The van der Waals surface area contributed by atoms with Crippen LogP contribution in [0.1, 0.15) is 19.8 Å². The highest BCUT2D eigenvalue weighted by Crippen LogP contribution is 2.15. The van der Waals surface area contributed by atoms with Gasteiger partial charge >= 0.3 is 0 Å². The zero-order valence-corrected chi connectivity index (χ0v) is 12.0. The minimum Gasteiger partial charge on any atom is -0.341 e. The third-order valence-corrected chi connectivity index (χ3v) is 3.92. The Balaban J connectivity index is 1.83. The van der Waals surface area contributed by atoms with Gasteiger partial charge in [0, 0.05) is 13.1 Å². The third-order valence-electron chi connectivity index (χ3n) is 3.92. The highest BCUT2D eigenvalue weighted by molar-refractivity contribution is 5.78. The van der Waals surface area contributed by atoms with Gasteiger partial charge in [-0.2, -0.15) is 0 Å². The number of nitrogens with zero attached hydrogens (tertiary/aromatic N) is 4. The second-order valence-electron chi connectivity index (χ2n) is 5.66. The topological polar surface area (TPSA) is 68.1 Å². The van der Waals surface area contributed by atoms with E-state index in [0.717, 1.165) is 30.6 Å². The maximum Gasteiger partial charge on any atom is 0.278 e. The minimum atomic E-state index is -0.265. The van der Waals surface area contributed by atoms with Crippen molar-refractivity contribution in [2.24, 2.45) is 5.92 Å². The smallest absolute Gasteiger partial charge is 0.278 e. The summed E-state index contributed by atoms with van der Waals surface area (Å²) in [5, 5.41) is 8.36. The fourth-order valence-electron chi connectivity index (χ4n) is 2.77. The van der Waals surface area contributed by atoms with E-state index in [2.05, 4.69) is 17.2 Å². The molecular formula is C15H18N4O2. The molecule has 0 aliphatic carbocycles. The van der Waals surface area contributed by atoms with Crippen LogP contribution in [0, 0.1) is 5.92 Å². The maximum absolute atomic E-state index is 12.3. The van der Waals surface area contributed by atoms with E-state index in [4.69, 9.17) is 0 Å². The first-order valence-electron chi connectivity index (χ1n) is 7.25. The Morgan fingerprint density at radius 3 is 3.00 bits per heavy atom. The molecule has 1 aliphatic heterocycles. The molecule has 0 saturated carbocycles. The summed E-state index contributed by atoms with van der Waals surface area (Å²) < 4.78 is 1.16. The van der Waals surface area contributed by atoms with E-state index in [-0.39, 0.29) is 18.0 Å².